The summed E-state index contributed by atoms with van der Waals surface area (Å²) in [5.41, 5.74) is 0.153. The van der Waals surface area contributed by atoms with Gasteiger partial charge in [-0.1, -0.05) is 26.0 Å². The maximum Gasteiger partial charge on any atom is 0.132 e. The topological polar surface area (TPSA) is 21.3 Å². The van der Waals surface area contributed by atoms with Crippen LogP contribution in [-0.2, 0) is 0 Å². The molecule has 90 valence electrons. The lowest BCUT2D eigenvalue weighted by atomic mass is 9.95. The Morgan fingerprint density at radius 3 is 2.62 bits per heavy atom. The number of ether oxygens (including phenoxy) is 1. The molecule has 1 aromatic carbocycles. The Morgan fingerprint density at radius 2 is 2.00 bits per heavy atom. The van der Waals surface area contributed by atoms with Crippen LogP contribution in [0.3, 0.4) is 0 Å². The van der Waals surface area contributed by atoms with E-state index in [9.17, 15) is 0 Å². The van der Waals surface area contributed by atoms with Gasteiger partial charge >= 0.3 is 0 Å². The van der Waals surface area contributed by atoms with E-state index < -0.39 is 0 Å². The fourth-order valence-corrected chi connectivity index (χ4v) is 2.08. The molecule has 0 spiro atoms. The Labute approximate surface area is 103 Å². The van der Waals surface area contributed by atoms with Gasteiger partial charge in [0.25, 0.3) is 0 Å². The van der Waals surface area contributed by atoms with Crippen LogP contribution in [0.15, 0.2) is 29.2 Å². The summed E-state index contributed by atoms with van der Waals surface area (Å²) in [6.07, 6.45) is 2.07. The highest BCUT2D eigenvalue weighted by molar-refractivity contribution is 7.98. The first kappa shape index (κ1) is 13.4. The third kappa shape index (κ3) is 4.06. The van der Waals surface area contributed by atoms with Gasteiger partial charge in [-0.2, -0.15) is 0 Å². The number of nitrogens with one attached hydrogen (secondary N) is 1. The van der Waals surface area contributed by atoms with Crippen molar-refractivity contribution in [1.29, 1.82) is 0 Å². The van der Waals surface area contributed by atoms with Crippen LogP contribution in [0.4, 0.5) is 0 Å². The molecule has 0 aromatic heterocycles. The zero-order valence-corrected chi connectivity index (χ0v) is 11.4. The summed E-state index contributed by atoms with van der Waals surface area (Å²) in [6.45, 7) is 6.08. The molecule has 0 saturated heterocycles. The summed E-state index contributed by atoms with van der Waals surface area (Å²) < 4.78 is 5.88. The summed E-state index contributed by atoms with van der Waals surface area (Å²) in [4.78, 5) is 1.20. The lowest BCUT2D eigenvalue weighted by Crippen LogP contribution is -2.32. The first-order valence-corrected chi connectivity index (χ1v) is 6.72. The SMILES string of the molecule is CNCC(C)(C)COc1ccccc1SC. The van der Waals surface area contributed by atoms with E-state index in [2.05, 4.69) is 31.5 Å². The molecule has 1 aromatic rings. The molecule has 1 rings (SSSR count). The van der Waals surface area contributed by atoms with Gasteiger partial charge in [0.05, 0.1) is 6.61 Å². The smallest absolute Gasteiger partial charge is 0.132 e. The molecular formula is C13H21NOS. The second kappa shape index (κ2) is 6.16. The number of rotatable bonds is 6. The second-order valence-electron chi connectivity index (χ2n) is 4.63. The van der Waals surface area contributed by atoms with Crippen molar-refractivity contribution in [2.45, 2.75) is 18.7 Å². The first-order valence-electron chi connectivity index (χ1n) is 5.49. The van der Waals surface area contributed by atoms with Gasteiger partial charge in [0.15, 0.2) is 0 Å². The van der Waals surface area contributed by atoms with Crippen LogP contribution < -0.4 is 10.1 Å². The van der Waals surface area contributed by atoms with E-state index in [1.54, 1.807) is 11.8 Å². The minimum atomic E-state index is 0.153. The quantitative estimate of drug-likeness (QED) is 0.771. The highest BCUT2D eigenvalue weighted by atomic mass is 32.2. The van der Waals surface area contributed by atoms with Crippen molar-refractivity contribution >= 4 is 11.8 Å². The third-order valence-corrected chi connectivity index (χ3v) is 3.12. The van der Waals surface area contributed by atoms with E-state index >= 15 is 0 Å². The molecule has 3 heteroatoms. The van der Waals surface area contributed by atoms with E-state index in [1.165, 1.54) is 4.90 Å². The zero-order chi connectivity index (χ0) is 12.0. The maximum absolute atomic E-state index is 5.88. The van der Waals surface area contributed by atoms with Gasteiger partial charge < -0.3 is 10.1 Å². The summed E-state index contributed by atoms with van der Waals surface area (Å²) in [7, 11) is 1.97. The molecule has 0 fully saturated rings. The highest BCUT2D eigenvalue weighted by Gasteiger charge is 2.18. The molecule has 16 heavy (non-hydrogen) atoms. The average Bonchev–Trinajstić information content (AvgIpc) is 2.27. The van der Waals surface area contributed by atoms with Gasteiger partial charge in [-0.25, -0.2) is 0 Å². The van der Waals surface area contributed by atoms with E-state index in [-0.39, 0.29) is 5.41 Å². The maximum atomic E-state index is 5.88. The van der Waals surface area contributed by atoms with Gasteiger partial charge in [-0.15, -0.1) is 11.8 Å². The van der Waals surface area contributed by atoms with E-state index in [1.807, 2.05) is 25.2 Å². The Morgan fingerprint density at radius 1 is 1.31 bits per heavy atom. The summed E-state index contributed by atoms with van der Waals surface area (Å²) >= 11 is 1.72. The second-order valence-corrected chi connectivity index (χ2v) is 5.48. The predicted molar refractivity (Wildman–Crippen MR) is 71.4 cm³/mol. The van der Waals surface area contributed by atoms with Crippen LogP contribution in [0.1, 0.15) is 13.8 Å². The number of thioether (sulfide) groups is 1. The summed E-state index contributed by atoms with van der Waals surface area (Å²) in [5.74, 6) is 0.985. The fraction of sp³-hybridized carbons (Fsp3) is 0.538. The molecule has 0 amide bonds. The molecule has 0 atom stereocenters. The number of benzene rings is 1. The van der Waals surface area contributed by atoms with E-state index in [0.29, 0.717) is 0 Å². The molecule has 0 aliphatic carbocycles. The van der Waals surface area contributed by atoms with Gasteiger partial charge in [-0.05, 0) is 25.4 Å². The number of hydrogen-bond donors (Lipinski definition) is 1. The minimum Gasteiger partial charge on any atom is -0.492 e. The van der Waals surface area contributed by atoms with Gasteiger partial charge in [0.2, 0.25) is 0 Å². The largest absolute Gasteiger partial charge is 0.492 e. The van der Waals surface area contributed by atoms with Gasteiger partial charge in [0.1, 0.15) is 5.75 Å². The van der Waals surface area contributed by atoms with Crippen molar-refractivity contribution in [3.8, 4) is 5.75 Å². The molecule has 0 aliphatic heterocycles. The predicted octanol–water partition coefficient (Wildman–Crippen LogP) is 3.03. The molecule has 0 heterocycles. The van der Waals surface area contributed by atoms with Crippen LogP contribution in [0.2, 0.25) is 0 Å². The molecule has 0 radical (unpaired) electrons. The standard InChI is InChI=1S/C13H21NOS/c1-13(2,9-14-3)10-15-11-7-5-6-8-12(11)16-4/h5-8,14H,9-10H2,1-4H3. The van der Waals surface area contributed by atoms with Crippen molar-refractivity contribution in [1.82, 2.24) is 5.32 Å². The Kier molecular flexibility index (Phi) is 5.16. The minimum absolute atomic E-state index is 0.153. The molecule has 0 bridgehead atoms. The number of para-hydroxylation sites is 1. The molecule has 0 unspecified atom stereocenters. The van der Waals surface area contributed by atoms with Crippen LogP contribution in [0, 0.1) is 5.41 Å². The first-order chi connectivity index (χ1) is 7.59. The van der Waals surface area contributed by atoms with Crippen molar-refractivity contribution in [2.75, 3.05) is 26.5 Å². The van der Waals surface area contributed by atoms with Crippen molar-refractivity contribution < 1.29 is 4.74 Å². The normalized spacial score (nSPS) is 11.5. The van der Waals surface area contributed by atoms with Crippen molar-refractivity contribution in [2.24, 2.45) is 5.41 Å². The molecule has 0 aliphatic rings. The number of hydrogen-bond acceptors (Lipinski definition) is 3. The van der Waals surface area contributed by atoms with Gasteiger partial charge in [-0.3, -0.25) is 0 Å². The lowest BCUT2D eigenvalue weighted by Gasteiger charge is -2.24. The Bertz CT molecular complexity index is 325. The van der Waals surface area contributed by atoms with E-state index in [4.69, 9.17) is 4.74 Å². The summed E-state index contributed by atoms with van der Waals surface area (Å²) in [5, 5.41) is 3.19. The monoisotopic (exact) mass is 239 g/mol. The Balaban J connectivity index is 2.60. The molecular weight excluding hydrogens is 218 g/mol. The Hall–Kier alpha value is -0.670. The highest BCUT2D eigenvalue weighted by Crippen LogP contribution is 2.28. The van der Waals surface area contributed by atoms with Crippen LogP contribution >= 0.6 is 11.8 Å². The van der Waals surface area contributed by atoms with Crippen LogP contribution in [0.25, 0.3) is 0 Å². The molecule has 1 N–H and O–H groups in total. The average molecular weight is 239 g/mol. The summed E-state index contributed by atoms with van der Waals surface area (Å²) in [6, 6.07) is 8.17. The van der Waals surface area contributed by atoms with Crippen molar-refractivity contribution in [3.05, 3.63) is 24.3 Å². The fourth-order valence-electron chi connectivity index (χ4n) is 1.54. The zero-order valence-electron chi connectivity index (χ0n) is 10.5. The lowest BCUT2D eigenvalue weighted by molar-refractivity contribution is 0.176. The molecule has 0 saturated carbocycles. The van der Waals surface area contributed by atoms with Gasteiger partial charge in [0, 0.05) is 16.9 Å². The van der Waals surface area contributed by atoms with Crippen molar-refractivity contribution in [3.63, 3.8) is 0 Å². The third-order valence-electron chi connectivity index (χ3n) is 2.34. The van der Waals surface area contributed by atoms with E-state index in [0.717, 1.165) is 18.9 Å². The molecule has 2 nitrogen and oxygen atoms in total. The van der Waals surface area contributed by atoms with Crippen LogP contribution in [-0.4, -0.2) is 26.5 Å². The van der Waals surface area contributed by atoms with Crippen LogP contribution in [0.5, 0.6) is 5.75 Å².